The maximum Gasteiger partial charge on any atom is 0.269 e. The van der Waals surface area contributed by atoms with E-state index in [-0.39, 0.29) is 5.69 Å². The Hall–Kier alpha value is -3.41. The first-order chi connectivity index (χ1) is 11.6. The quantitative estimate of drug-likeness (QED) is 0.414. The number of aromatic nitrogens is 2. The normalized spacial score (nSPS) is 11.0. The van der Waals surface area contributed by atoms with Gasteiger partial charge in [0, 0.05) is 42.5 Å². The lowest BCUT2D eigenvalue weighted by atomic mass is 10.1. The van der Waals surface area contributed by atoms with Gasteiger partial charge in [-0.25, -0.2) is 0 Å². The fourth-order valence-corrected chi connectivity index (χ4v) is 2.82. The molecule has 0 saturated heterocycles. The minimum Gasteiger partial charge on any atom is -0.457 e. The Labute approximate surface area is 137 Å². The van der Waals surface area contributed by atoms with E-state index in [0.29, 0.717) is 11.5 Å². The summed E-state index contributed by atoms with van der Waals surface area (Å²) in [6.45, 7) is 0. The average molecular weight is 319 g/mol. The van der Waals surface area contributed by atoms with Gasteiger partial charge in [-0.3, -0.25) is 15.1 Å². The number of non-ortho nitro benzene ring substituents is 1. The van der Waals surface area contributed by atoms with E-state index in [2.05, 4.69) is 4.98 Å². The smallest absolute Gasteiger partial charge is 0.269 e. The molecule has 0 radical (unpaired) electrons. The third kappa shape index (κ3) is 2.25. The summed E-state index contributed by atoms with van der Waals surface area (Å²) in [5.41, 5.74) is 1.96. The Balaban J connectivity index is 1.84. The second-order valence-electron chi connectivity index (χ2n) is 5.48. The molecule has 2 aromatic carbocycles. The van der Waals surface area contributed by atoms with Gasteiger partial charge in [-0.05, 0) is 36.4 Å². The van der Waals surface area contributed by atoms with Gasteiger partial charge < -0.3 is 9.30 Å². The van der Waals surface area contributed by atoms with Crippen LogP contribution in [0.3, 0.4) is 0 Å². The van der Waals surface area contributed by atoms with E-state index >= 15 is 0 Å². The molecule has 118 valence electrons. The van der Waals surface area contributed by atoms with Gasteiger partial charge in [0.1, 0.15) is 11.5 Å². The van der Waals surface area contributed by atoms with Gasteiger partial charge in [0.2, 0.25) is 0 Å². The van der Waals surface area contributed by atoms with Gasteiger partial charge in [0.25, 0.3) is 5.69 Å². The summed E-state index contributed by atoms with van der Waals surface area (Å²) in [7, 11) is 1.99. The van der Waals surface area contributed by atoms with E-state index in [1.165, 1.54) is 12.1 Å². The van der Waals surface area contributed by atoms with Crippen LogP contribution in [0.4, 0.5) is 5.69 Å². The summed E-state index contributed by atoms with van der Waals surface area (Å²) >= 11 is 0. The topological polar surface area (TPSA) is 70.2 Å². The van der Waals surface area contributed by atoms with E-state index in [1.807, 2.05) is 36.0 Å². The van der Waals surface area contributed by atoms with Crippen LogP contribution in [0.5, 0.6) is 11.5 Å². The molecule has 6 nitrogen and oxygen atoms in total. The number of fused-ring (bicyclic) bond motifs is 3. The zero-order valence-corrected chi connectivity index (χ0v) is 12.8. The molecule has 24 heavy (non-hydrogen) atoms. The average Bonchev–Trinajstić information content (AvgIpc) is 2.97. The Kier molecular flexibility index (Phi) is 3.16. The number of nitrogens with zero attached hydrogens (tertiary/aromatic N) is 3. The van der Waals surface area contributed by atoms with Crippen LogP contribution in [0.25, 0.3) is 21.8 Å². The summed E-state index contributed by atoms with van der Waals surface area (Å²) in [4.78, 5) is 14.7. The van der Waals surface area contributed by atoms with E-state index in [4.69, 9.17) is 4.74 Å². The van der Waals surface area contributed by atoms with Gasteiger partial charge in [-0.2, -0.15) is 0 Å². The van der Waals surface area contributed by atoms with Crippen LogP contribution >= 0.6 is 0 Å². The molecule has 2 aromatic heterocycles. The van der Waals surface area contributed by atoms with Crippen LogP contribution in [0.1, 0.15) is 0 Å². The molecule has 0 amide bonds. The van der Waals surface area contributed by atoms with Crippen LogP contribution in [-0.2, 0) is 7.05 Å². The van der Waals surface area contributed by atoms with Crippen LogP contribution in [-0.4, -0.2) is 14.5 Å². The zero-order valence-electron chi connectivity index (χ0n) is 12.8. The van der Waals surface area contributed by atoms with Crippen LogP contribution in [0.15, 0.2) is 60.9 Å². The lowest BCUT2D eigenvalue weighted by Crippen LogP contribution is -1.91. The Morgan fingerprint density at radius 1 is 1.08 bits per heavy atom. The highest BCUT2D eigenvalue weighted by atomic mass is 16.6. The van der Waals surface area contributed by atoms with Crippen LogP contribution in [0.2, 0.25) is 0 Å². The minimum absolute atomic E-state index is 0.0346. The van der Waals surface area contributed by atoms with E-state index in [1.54, 1.807) is 24.4 Å². The Morgan fingerprint density at radius 3 is 2.62 bits per heavy atom. The monoisotopic (exact) mass is 319 g/mol. The number of rotatable bonds is 3. The first kappa shape index (κ1) is 14.2. The first-order valence-electron chi connectivity index (χ1n) is 7.38. The van der Waals surface area contributed by atoms with E-state index in [0.717, 1.165) is 21.8 Å². The van der Waals surface area contributed by atoms with Crippen molar-refractivity contribution in [2.24, 2.45) is 7.05 Å². The third-order valence-electron chi connectivity index (χ3n) is 4.01. The molecule has 2 heterocycles. The molecule has 0 aliphatic carbocycles. The molecule has 0 fully saturated rings. The standard InChI is InChI=1S/C18H13N3O3/c1-20-11-9-14-16(20)7-6-15-18(14)17(8-10-19-15)24-13-4-2-12(3-5-13)21(22)23/h2-11H,1H3. The van der Waals surface area contributed by atoms with Crippen molar-refractivity contribution in [3.05, 3.63) is 71.0 Å². The molecular weight excluding hydrogens is 306 g/mol. The van der Waals surface area contributed by atoms with Gasteiger partial charge >= 0.3 is 0 Å². The SMILES string of the molecule is Cn1ccc2c3c(Oc4ccc([N+](=O)[O-])cc4)ccnc3ccc21. The highest BCUT2D eigenvalue weighted by Crippen LogP contribution is 2.35. The van der Waals surface area contributed by atoms with Crippen molar-refractivity contribution in [3.63, 3.8) is 0 Å². The number of benzene rings is 2. The summed E-state index contributed by atoms with van der Waals surface area (Å²) < 4.78 is 8.01. The Bertz CT molecular complexity index is 1070. The van der Waals surface area contributed by atoms with Crippen molar-refractivity contribution in [1.29, 1.82) is 0 Å². The highest BCUT2D eigenvalue weighted by Gasteiger charge is 2.11. The van der Waals surface area contributed by atoms with Crippen molar-refractivity contribution in [2.75, 3.05) is 0 Å². The molecule has 6 heteroatoms. The second-order valence-corrected chi connectivity index (χ2v) is 5.48. The van der Waals surface area contributed by atoms with Crippen molar-refractivity contribution in [3.8, 4) is 11.5 Å². The predicted molar refractivity (Wildman–Crippen MR) is 91.4 cm³/mol. The number of nitro benzene ring substituents is 1. The largest absolute Gasteiger partial charge is 0.457 e. The van der Waals surface area contributed by atoms with Crippen molar-refractivity contribution < 1.29 is 9.66 Å². The van der Waals surface area contributed by atoms with Crippen molar-refractivity contribution >= 4 is 27.5 Å². The fourth-order valence-electron chi connectivity index (χ4n) is 2.82. The van der Waals surface area contributed by atoms with Crippen molar-refractivity contribution in [2.45, 2.75) is 0 Å². The number of nitro groups is 1. The van der Waals surface area contributed by atoms with Crippen LogP contribution < -0.4 is 4.74 Å². The number of hydrogen-bond acceptors (Lipinski definition) is 4. The highest BCUT2D eigenvalue weighted by molar-refractivity contribution is 6.08. The van der Waals surface area contributed by atoms with Gasteiger partial charge in [-0.15, -0.1) is 0 Å². The lowest BCUT2D eigenvalue weighted by Gasteiger charge is -2.10. The molecule has 0 saturated carbocycles. The maximum atomic E-state index is 10.7. The molecule has 0 aliphatic rings. The predicted octanol–water partition coefficient (Wildman–Crippen LogP) is 4.43. The third-order valence-corrected chi connectivity index (χ3v) is 4.01. The van der Waals surface area contributed by atoms with E-state index < -0.39 is 4.92 Å². The molecule has 0 aliphatic heterocycles. The molecule has 0 bridgehead atoms. The summed E-state index contributed by atoms with van der Waals surface area (Å²) in [6, 6.07) is 13.9. The second kappa shape index (κ2) is 5.34. The minimum atomic E-state index is -0.431. The van der Waals surface area contributed by atoms with Gasteiger partial charge in [-0.1, -0.05) is 0 Å². The number of aryl methyl sites for hydroxylation is 1. The summed E-state index contributed by atoms with van der Waals surface area (Å²) in [6.07, 6.45) is 3.69. The first-order valence-corrected chi connectivity index (χ1v) is 7.38. The summed E-state index contributed by atoms with van der Waals surface area (Å²) in [5, 5.41) is 12.7. The fraction of sp³-hybridized carbons (Fsp3) is 0.0556. The molecule has 0 N–H and O–H groups in total. The lowest BCUT2D eigenvalue weighted by molar-refractivity contribution is -0.384. The number of pyridine rings is 1. The molecule has 0 unspecified atom stereocenters. The van der Waals surface area contributed by atoms with Gasteiger partial charge in [0.15, 0.2) is 0 Å². The zero-order chi connectivity index (χ0) is 16.7. The maximum absolute atomic E-state index is 10.7. The van der Waals surface area contributed by atoms with Gasteiger partial charge in [0.05, 0.1) is 15.8 Å². The van der Waals surface area contributed by atoms with Crippen LogP contribution in [0, 0.1) is 10.1 Å². The molecule has 0 atom stereocenters. The number of hydrogen-bond donors (Lipinski definition) is 0. The molecule has 4 rings (SSSR count). The van der Waals surface area contributed by atoms with E-state index in [9.17, 15) is 10.1 Å². The Morgan fingerprint density at radius 2 is 1.88 bits per heavy atom. The molecular formula is C18H13N3O3. The summed E-state index contributed by atoms with van der Waals surface area (Å²) in [5.74, 6) is 1.21. The van der Waals surface area contributed by atoms with Crippen molar-refractivity contribution in [1.82, 2.24) is 9.55 Å². The molecule has 4 aromatic rings. The molecule has 0 spiro atoms. The number of ether oxygens (including phenoxy) is 1.